The first kappa shape index (κ1) is 22.4. The number of hydrogen-bond acceptors (Lipinski definition) is 6. The van der Waals surface area contributed by atoms with Gasteiger partial charge < -0.3 is 14.4 Å². The number of hydrogen-bond donors (Lipinski definition) is 0. The molecule has 8 heteroatoms. The Hall–Kier alpha value is -3.78. The summed E-state index contributed by atoms with van der Waals surface area (Å²) in [6, 6.07) is 15.7. The molecule has 3 aromatic rings. The highest BCUT2D eigenvalue weighted by atomic mass is 19.1. The molecule has 1 aliphatic heterocycles. The Morgan fingerprint density at radius 1 is 1.15 bits per heavy atom. The number of aliphatic imine (C=N–C) groups is 1. The number of nitrogens with zero attached hydrogens (tertiary/aromatic N) is 5. The molecule has 170 valence electrons. The zero-order valence-electron chi connectivity index (χ0n) is 19.1. The van der Waals surface area contributed by atoms with Crippen molar-refractivity contribution in [3.63, 3.8) is 0 Å². The fourth-order valence-electron chi connectivity index (χ4n) is 3.68. The van der Waals surface area contributed by atoms with Gasteiger partial charge in [0.05, 0.1) is 18.4 Å². The molecule has 1 unspecified atom stereocenters. The van der Waals surface area contributed by atoms with E-state index >= 15 is 0 Å². The van der Waals surface area contributed by atoms with Crippen molar-refractivity contribution in [1.29, 1.82) is 0 Å². The first-order valence-electron chi connectivity index (χ1n) is 10.5. The molecule has 7 nitrogen and oxygen atoms in total. The number of amidine groups is 1. The van der Waals surface area contributed by atoms with Crippen molar-refractivity contribution in [3.05, 3.63) is 89.5 Å². The Morgan fingerprint density at radius 2 is 1.91 bits per heavy atom. The summed E-state index contributed by atoms with van der Waals surface area (Å²) >= 11 is 0. The third-order valence-electron chi connectivity index (χ3n) is 5.09. The van der Waals surface area contributed by atoms with Gasteiger partial charge in [-0.25, -0.2) is 14.4 Å². The Labute approximate surface area is 192 Å². The van der Waals surface area contributed by atoms with Gasteiger partial charge in [0.1, 0.15) is 17.4 Å². The number of halogens is 1. The minimum Gasteiger partial charge on any atom is -0.496 e. The van der Waals surface area contributed by atoms with Gasteiger partial charge >= 0.3 is 0 Å². The summed E-state index contributed by atoms with van der Waals surface area (Å²) in [6.07, 6.45) is 2.76. The first-order chi connectivity index (χ1) is 16.0. The number of hydrazone groups is 1. The van der Waals surface area contributed by atoms with Gasteiger partial charge in [-0.2, -0.15) is 0 Å². The second kappa shape index (κ2) is 9.79. The second-order valence-electron chi connectivity index (χ2n) is 7.87. The molecule has 0 spiro atoms. The molecular weight excluding hydrogens is 421 g/mol. The van der Waals surface area contributed by atoms with E-state index in [2.05, 4.69) is 14.9 Å². The highest BCUT2D eigenvalue weighted by Crippen LogP contribution is 2.38. The zero-order valence-corrected chi connectivity index (χ0v) is 19.1. The summed E-state index contributed by atoms with van der Waals surface area (Å²) in [5.74, 6) is 1.37. The molecule has 4 rings (SSSR count). The summed E-state index contributed by atoms with van der Waals surface area (Å²) in [5.41, 5.74) is 3.13. The number of aromatic nitrogens is 1. The highest BCUT2D eigenvalue weighted by molar-refractivity contribution is 5.97. The fourth-order valence-corrected chi connectivity index (χ4v) is 3.68. The van der Waals surface area contributed by atoms with E-state index in [0.717, 1.165) is 22.4 Å². The normalized spacial score (nSPS) is 16.1. The lowest BCUT2D eigenvalue weighted by Gasteiger charge is -2.25. The second-order valence-corrected chi connectivity index (χ2v) is 7.87. The maximum atomic E-state index is 13.7. The van der Waals surface area contributed by atoms with Crippen LogP contribution in [0.5, 0.6) is 5.75 Å². The minimum atomic E-state index is -0.609. The van der Waals surface area contributed by atoms with Gasteiger partial charge in [-0.05, 0) is 57.4 Å². The number of para-hydroxylation sites is 1. The lowest BCUT2D eigenvalue weighted by molar-refractivity contribution is 0.107. The molecule has 0 radical (unpaired) electrons. The molecular formula is C25H26FN5O2. The summed E-state index contributed by atoms with van der Waals surface area (Å²) in [4.78, 5) is 10.7. The van der Waals surface area contributed by atoms with Crippen molar-refractivity contribution in [2.45, 2.75) is 19.7 Å². The van der Waals surface area contributed by atoms with E-state index in [4.69, 9.17) is 14.6 Å². The molecule has 0 N–H and O–H groups in total. The fraction of sp³-hybridized carbons (Fsp3) is 0.240. The number of methoxy groups -OCH3 is 1. The number of ether oxygens (including phenoxy) is 2. The lowest BCUT2D eigenvalue weighted by Crippen LogP contribution is -2.26. The molecule has 0 fully saturated rings. The van der Waals surface area contributed by atoms with Crippen molar-refractivity contribution >= 4 is 17.4 Å². The van der Waals surface area contributed by atoms with E-state index in [-0.39, 0.29) is 5.82 Å². The Bertz CT molecular complexity index is 1180. The Morgan fingerprint density at radius 3 is 2.61 bits per heavy atom. The van der Waals surface area contributed by atoms with E-state index in [1.165, 1.54) is 12.1 Å². The lowest BCUT2D eigenvalue weighted by atomic mass is 10.1. The van der Waals surface area contributed by atoms with Crippen LogP contribution in [0.25, 0.3) is 0 Å². The molecule has 33 heavy (non-hydrogen) atoms. The molecule has 2 heterocycles. The maximum Gasteiger partial charge on any atom is 0.241 e. The van der Waals surface area contributed by atoms with Crippen LogP contribution in [0.1, 0.15) is 29.8 Å². The Kier molecular flexibility index (Phi) is 6.65. The van der Waals surface area contributed by atoms with Crippen molar-refractivity contribution in [3.8, 4) is 5.75 Å². The molecule has 1 aromatic heterocycles. The number of benzene rings is 2. The van der Waals surface area contributed by atoms with Crippen molar-refractivity contribution in [1.82, 2.24) is 14.9 Å². The van der Waals surface area contributed by atoms with Crippen LogP contribution < -0.4 is 4.74 Å². The number of rotatable bonds is 6. The van der Waals surface area contributed by atoms with Crippen LogP contribution >= 0.6 is 0 Å². The van der Waals surface area contributed by atoms with E-state index in [1.54, 1.807) is 36.6 Å². The average Bonchev–Trinajstić information content (AvgIpc) is 3.25. The van der Waals surface area contributed by atoms with Crippen LogP contribution in [-0.4, -0.2) is 47.8 Å². The van der Waals surface area contributed by atoms with E-state index in [1.807, 2.05) is 51.4 Å². The van der Waals surface area contributed by atoms with E-state index in [0.29, 0.717) is 24.0 Å². The van der Waals surface area contributed by atoms with Crippen LogP contribution in [-0.2, 0) is 11.3 Å². The van der Waals surface area contributed by atoms with Gasteiger partial charge in [0.25, 0.3) is 0 Å². The molecule has 2 aromatic carbocycles. The summed E-state index contributed by atoms with van der Waals surface area (Å²) in [7, 11) is 5.66. The van der Waals surface area contributed by atoms with Gasteiger partial charge in [-0.1, -0.05) is 18.2 Å². The molecule has 0 aliphatic carbocycles. The van der Waals surface area contributed by atoms with Gasteiger partial charge in [0, 0.05) is 30.1 Å². The predicted molar refractivity (Wildman–Crippen MR) is 126 cm³/mol. The monoisotopic (exact) mass is 447 g/mol. The Balaban J connectivity index is 1.78. The largest absolute Gasteiger partial charge is 0.496 e. The molecule has 0 bridgehead atoms. The highest BCUT2D eigenvalue weighted by Gasteiger charge is 2.35. The zero-order chi connectivity index (χ0) is 23.4. The van der Waals surface area contributed by atoms with Gasteiger partial charge in [0.2, 0.25) is 12.1 Å². The van der Waals surface area contributed by atoms with Crippen molar-refractivity contribution in [2.24, 2.45) is 10.1 Å². The predicted octanol–water partition coefficient (Wildman–Crippen LogP) is 4.73. The minimum absolute atomic E-state index is 0.350. The van der Waals surface area contributed by atoms with Crippen LogP contribution in [0, 0.1) is 5.82 Å². The third kappa shape index (κ3) is 5.01. The molecule has 0 saturated carbocycles. The van der Waals surface area contributed by atoms with Gasteiger partial charge in [0.15, 0.2) is 0 Å². The summed E-state index contributed by atoms with van der Waals surface area (Å²) in [5, 5.41) is 6.40. The SMILES string of the molecule is COc1c(CN(C)C)cccc1C1OC(c2ccncc2)=NN1C(C)=Nc1cccc(F)c1. The molecule has 0 amide bonds. The molecule has 0 saturated heterocycles. The van der Waals surface area contributed by atoms with E-state index < -0.39 is 6.23 Å². The van der Waals surface area contributed by atoms with Crippen LogP contribution in [0.4, 0.5) is 10.1 Å². The van der Waals surface area contributed by atoms with E-state index in [9.17, 15) is 4.39 Å². The first-order valence-corrected chi connectivity index (χ1v) is 10.5. The molecule has 1 atom stereocenters. The van der Waals surface area contributed by atoms with Crippen LogP contribution in [0.2, 0.25) is 0 Å². The third-order valence-corrected chi connectivity index (χ3v) is 5.09. The standard InChI is InChI=1S/C25H26FN5O2/c1-17(28-21-9-6-8-20(26)15-21)31-25(33-24(29-31)18-11-13-27-14-12-18)22-10-5-7-19(16-30(2)3)23(22)32-4/h5-15,25H,16H2,1-4H3. The van der Waals surface area contributed by atoms with Crippen LogP contribution in [0.15, 0.2) is 77.1 Å². The van der Waals surface area contributed by atoms with Gasteiger partial charge in [-0.3, -0.25) is 4.98 Å². The quantitative estimate of drug-likeness (QED) is 0.404. The summed E-state index contributed by atoms with van der Waals surface area (Å²) < 4.78 is 25.8. The number of pyridine rings is 1. The van der Waals surface area contributed by atoms with Crippen molar-refractivity contribution < 1.29 is 13.9 Å². The van der Waals surface area contributed by atoms with Crippen molar-refractivity contribution in [2.75, 3.05) is 21.2 Å². The summed E-state index contributed by atoms with van der Waals surface area (Å²) in [6.45, 7) is 2.52. The molecule has 1 aliphatic rings. The topological polar surface area (TPSA) is 62.6 Å². The maximum absolute atomic E-state index is 13.7. The smallest absolute Gasteiger partial charge is 0.241 e. The average molecular weight is 448 g/mol. The van der Waals surface area contributed by atoms with Gasteiger partial charge in [-0.15, -0.1) is 5.10 Å². The van der Waals surface area contributed by atoms with Crippen LogP contribution in [0.3, 0.4) is 0 Å².